The zero-order valence-corrected chi connectivity index (χ0v) is 19.7. The highest BCUT2D eigenvalue weighted by atomic mass is 19.1. The lowest BCUT2D eigenvalue weighted by molar-refractivity contribution is 0.0686. The Morgan fingerprint density at radius 2 is 1.60 bits per heavy atom. The quantitative estimate of drug-likeness (QED) is 0.254. The van der Waals surface area contributed by atoms with Crippen molar-refractivity contribution in [2.75, 3.05) is 6.61 Å². The smallest absolute Gasteiger partial charge is 0.353 e. The molecule has 0 aliphatic heterocycles. The summed E-state index contributed by atoms with van der Waals surface area (Å²) in [5.41, 5.74) is 4.19. The summed E-state index contributed by atoms with van der Waals surface area (Å²) in [5.74, 6) is -0.621. The maximum atomic E-state index is 14.3. The van der Waals surface area contributed by atoms with Gasteiger partial charge in [-0.05, 0) is 66.6 Å². The summed E-state index contributed by atoms with van der Waals surface area (Å²) >= 11 is 0. The lowest BCUT2D eigenvalue weighted by Crippen LogP contribution is -2.12. The van der Waals surface area contributed by atoms with Crippen molar-refractivity contribution in [2.24, 2.45) is 0 Å². The van der Waals surface area contributed by atoms with E-state index in [4.69, 9.17) is 4.74 Å². The van der Waals surface area contributed by atoms with Crippen molar-refractivity contribution in [1.82, 2.24) is 4.57 Å². The van der Waals surface area contributed by atoms with Gasteiger partial charge < -0.3 is 14.4 Å². The van der Waals surface area contributed by atoms with Gasteiger partial charge in [-0.25, -0.2) is 9.18 Å². The SMILES string of the molecule is Cc1cccc(C)c1-c1c(C(=O)O)n(CCCOc2cccc3ccccc23)c2ccc(F)cc12. The van der Waals surface area contributed by atoms with Gasteiger partial charge in [-0.2, -0.15) is 0 Å². The first-order chi connectivity index (χ1) is 17.0. The average molecular weight is 468 g/mol. The number of fused-ring (bicyclic) bond motifs is 2. The minimum Gasteiger partial charge on any atom is -0.493 e. The van der Waals surface area contributed by atoms with Crippen LogP contribution in [0.1, 0.15) is 28.0 Å². The minimum absolute atomic E-state index is 0.174. The number of nitrogens with zero attached hydrogens (tertiary/aromatic N) is 1. The Bertz CT molecular complexity index is 1540. The molecule has 0 saturated heterocycles. The molecule has 176 valence electrons. The summed E-state index contributed by atoms with van der Waals surface area (Å²) in [7, 11) is 0. The number of aromatic carboxylic acids is 1. The van der Waals surface area contributed by atoms with Crippen molar-refractivity contribution in [3.8, 4) is 16.9 Å². The third-order valence-corrected chi connectivity index (χ3v) is 6.49. The summed E-state index contributed by atoms with van der Waals surface area (Å²) < 4.78 is 22.2. The third kappa shape index (κ3) is 4.14. The highest BCUT2D eigenvalue weighted by Crippen LogP contribution is 2.39. The molecule has 0 amide bonds. The zero-order valence-electron chi connectivity index (χ0n) is 19.7. The van der Waals surface area contributed by atoms with Gasteiger partial charge in [0.2, 0.25) is 0 Å². The van der Waals surface area contributed by atoms with Gasteiger partial charge in [-0.3, -0.25) is 0 Å². The van der Waals surface area contributed by atoms with Gasteiger partial charge in [-0.15, -0.1) is 0 Å². The monoisotopic (exact) mass is 467 g/mol. The molecule has 1 aromatic heterocycles. The molecule has 0 saturated carbocycles. The highest BCUT2D eigenvalue weighted by Gasteiger charge is 2.25. The van der Waals surface area contributed by atoms with Gasteiger partial charge in [0.05, 0.1) is 6.61 Å². The van der Waals surface area contributed by atoms with E-state index in [0.717, 1.165) is 33.2 Å². The van der Waals surface area contributed by atoms with E-state index in [0.29, 0.717) is 36.0 Å². The number of carbonyl (C=O) groups is 1. The van der Waals surface area contributed by atoms with Gasteiger partial charge in [-0.1, -0.05) is 54.6 Å². The van der Waals surface area contributed by atoms with E-state index in [9.17, 15) is 14.3 Å². The minimum atomic E-state index is -1.03. The van der Waals surface area contributed by atoms with E-state index in [-0.39, 0.29) is 5.69 Å². The molecule has 0 radical (unpaired) electrons. The van der Waals surface area contributed by atoms with Crippen LogP contribution in [0.4, 0.5) is 4.39 Å². The Balaban J connectivity index is 1.52. The maximum absolute atomic E-state index is 14.3. The Morgan fingerprint density at radius 1 is 0.886 bits per heavy atom. The molecule has 0 unspecified atom stereocenters. The van der Waals surface area contributed by atoms with Gasteiger partial charge in [0, 0.05) is 28.4 Å². The molecule has 5 heteroatoms. The van der Waals surface area contributed by atoms with Crippen LogP contribution in [0.3, 0.4) is 0 Å². The van der Waals surface area contributed by atoms with Crippen LogP contribution in [0.2, 0.25) is 0 Å². The lowest BCUT2D eigenvalue weighted by atomic mass is 9.93. The van der Waals surface area contributed by atoms with Crippen LogP contribution in [0.15, 0.2) is 78.9 Å². The van der Waals surface area contributed by atoms with Crippen LogP contribution in [0.5, 0.6) is 5.75 Å². The Hall–Kier alpha value is -4.12. The number of aryl methyl sites for hydroxylation is 3. The van der Waals surface area contributed by atoms with E-state index in [2.05, 4.69) is 0 Å². The van der Waals surface area contributed by atoms with Gasteiger partial charge in [0.15, 0.2) is 0 Å². The summed E-state index contributed by atoms with van der Waals surface area (Å²) in [6.07, 6.45) is 0.594. The fourth-order valence-electron chi connectivity index (χ4n) is 4.97. The second kappa shape index (κ2) is 9.26. The second-order valence-corrected chi connectivity index (χ2v) is 8.79. The van der Waals surface area contributed by atoms with E-state index in [1.807, 2.05) is 74.5 Å². The van der Waals surface area contributed by atoms with E-state index >= 15 is 0 Å². The maximum Gasteiger partial charge on any atom is 0.353 e. The first kappa shape index (κ1) is 22.7. The van der Waals surface area contributed by atoms with Gasteiger partial charge >= 0.3 is 5.97 Å². The van der Waals surface area contributed by atoms with Crippen molar-refractivity contribution in [1.29, 1.82) is 0 Å². The predicted molar refractivity (Wildman–Crippen MR) is 138 cm³/mol. The number of halogens is 1. The van der Waals surface area contributed by atoms with Crippen LogP contribution in [-0.4, -0.2) is 22.2 Å². The lowest BCUT2D eigenvalue weighted by Gasteiger charge is -2.13. The van der Waals surface area contributed by atoms with Crippen LogP contribution < -0.4 is 4.74 Å². The number of aromatic nitrogens is 1. The number of carboxylic acids is 1. The van der Waals surface area contributed by atoms with Crippen molar-refractivity contribution in [3.63, 3.8) is 0 Å². The molecule has 5 aromatic rings. The Morgan fingerprint density at radius 3 is 2.37 bits per heavy atom. The van der Waals surface area contributed by atoms with Crippen LogP contribution in [-0.2, 0) is 6.54 Å². The van der Waals surface area contributed by atoms with Crippen LogP contribution >= 0.6 is 0 Å². The molecule has 4 aromatic carbocycles. The number of hydrogen-bond donors (Lipinski definition) is 1. The molecular weight excluding hydrogens is 441 g/mol. The van der Waals surface area contributed by atoms with E-state index < -0.39 is 11.8 Å². The summed E-state index contributed by atoms with van der Waals surface area (Å²) in [5, 5.41) is 13.0. The van der Waals surface area contributed by atoms with Crippen molar-refractivity contribution >= 4 is 27.6 Å². The van der Waals surface area contributed by atoms with E-state index in [1.165, 1.54) is 12.1 Å². The van der Waals surface area contributed by atoms with Gasteiger partial charge in [0.25, 0.3) is 0 Å². The number of ether oxygens (including phenoxy) is 1. The number of carboxylic acid groups (broad SMARTS) is 1. The molecule has 5 rings (SSSR count). The summed E-state index contributed by atoms with van der Waals surface area (Å²) in [6, 6.07) is 24.3. The molecule has 0 bridgehead atoms. The molecule has 0 atom stereocenters. The molecule has 1 heterocycles. The fourth-order valence-corrected chi connectivity index (χ4v) is 4.97. The van der Waals surface area contributed by atoms with Crippen LogP contribution in [0, 0.1) is 19.7 Å². The van der Waals surface area contributed by atoms with Crippen molar-refractivity contribution < 1.29 is 19.0 Å². The number of hydrogen-bond acceptors (Lipinski definition) is 2. The fraction of sp³-hybridized carbons (Fsp3) is 0.167. The van der Waals surface area contributed by atoms with Crippen molar-refractivity contribution in [3.05, 3.63) is 102 Å². The van der Waals surface area contributed by atoms with Crippen LogP contribution in [0.25, 0.3) is 32.8 Å². The largest absolute Gasteiger partial charge is 0.493 e. The topological polar surface area (TPSA) is 51.5 Å². The first-order valence-electron chi connectivity index (χ1n) is 11.7. The molecular formula is C30H26FNO3. The second-order valence-electron chi connectivity index (χ2n) is 8.79. The predicted octanol–water partition coefficient (Wildman–Crippen LogP) is 7.38. The molecule has 0 aliphatic carbocycles. The molecule has 0 fully saturated rings. The van der Waals surface area contributed by atoms with E-state index in [1.54, 1.807) is 10.6 Å². The average Bonchev–Trinajstić information content (AvgIpc) is 3.15. The molecule has 0 aliphatic rings. The number of benzene rings is 4. The zero-order chi connectivity index (χ0) is 24.5. The van der Waals surface area contributed by atoms with Gasteiger partial charge in [0.1, 0.15) is 17.3 Å². The molecule has 35 heavy (non-hydrogen) atoms. The highest BCUT2D eigenvalue weighted by molar-refractivity contribution is 6.09. The number of rotatable bonds is 7. The molecule has 1 N–H and O–H groups in total. The summed E-state index contributed by atoms with van der Waals surface area (Å²) in [6.45, 7) is 4.76. The third-order valence-electron chi connectivity index (χ3n) is 6.49. The van der Waals surface area contributed by atoms with Crippen molar-refractivity contribution in [2.45, 2.75) is 26.8 Å². The first-order valence-corrected chi connectivity index (χ1v) is 11.7. The standard InChI is InChI=1S/C30H26FNO3/c1-19-8-5-9-20(2)27(19)28-24-18-22(31)14-15-25(24)32(29(28)30(33)34)16-7-17-35-26-13-6-11-21-10-3-4-12-23(21)26/h3-6,8-15,18H,7,16-17H2,1-2H3,(H,33,34). The Kier molecular flexibility index (Phi) is 6.00. The molecule has 0 spiro atoms. The molecule has 4 nitrogen and oxygen atoms in total. The normalized spacial score (nSPS) is 11.3. The summed E-state index contributed by atoms with van der Waals surface area (Å²) in [4.78, 5) is 12.5. The Labute approximate surface area is 203 Å².